The van der Waals surface area contributed by atoms with Crippen LogP contribution in [0, 0.1) is 10.7 Å². The Kier molecular flexibility index (Phi) is 1.70. The molecular formula is C11H10FNO3. The smallest absolute Gasteiger partial charge is 0.155 e. The van der Waals surface area contributed by atoms with Crippen LogP contribution in [0.4, 0.5) is 10.1 Å². The standard InChI is InChI=1S/C11H10FNO3/c1-11(2)10-9(15-10)6-3-5(12)4-7(13-14)8(6)16-11/h3-4,9-10H,1-2H3/t9-,10-/m1/s1. The van der Waals surface area contributed by atoms with E-state index >= 15 is 0 Å². The van der Waals surface area contributed by atoms with Gasteiger partial charge in [-0.05, 0) is 25.1 Å². The maximum absolute atomic E-state index is 13.2. The third-order valence-corrected chi connectivity index (χ3v) is 3.01. The minimum absolute atomic E-state index is 0.00275. The largest absolute Gasteiger partial charge is 0.482 e. The summed E-state index contributed by atoms with van der Waals surface area (Å²) < 4.78 is 24.3. The maximum atomic E-state index is 13.2. The fourth-order valence-corrected chi connectivity index (χ4v) is 2.19. The van der Waals surface area contributed by atoms with Crippen LogP contribution in [0.15, 0.2) is 17.3 Å². The van der Waals surface area contributed by atoms with E-state index in [1.165, 1.54) is 6.07 Å². The summed E-state index contributed by atoms with van der Waals surface area (Å²) >= 11 is 0. The molecule has 0 aromatic heterocycles. The van der Waals surface area contributed by atoms with E-state index in [0.717, 1.165) is 6.07 Å². The number of ether oxygens (including phenoxy) is 2. The van der Waals surface area contributed by atoms with Gasteiger partial charge in [0.2, 0.25) is 0 Å². The minimum atomic E-state index is -0.505. The molecule has 0 saturated carbocycles. The highest BCUT2D eigenvalue weighted by Crippen LogP contribution is 2.56. The molecule has 0 unspecified atom stereocenters. The Labute approximate surface area is 91.3 Å². The van der Waals surface area contributed by atoms with Gasteiger partial charge in [-0.3, -0.25) is 0 Å². The molecule has 1 aromatic rings. The molecule has 0 bridgehead atoms. The molecule has 5 heteroatoms. The molecule has 1 aromatic carbocycles. The number of epoxide rings is 1. The van der Waals surface area contributed by atoms with Crippen molar-refractivity contribution in [1.82, 2.24) is 0 Å². The highest BCUT2D eigenvalue weighted by Gasteiger charge is 2.57. The Bertz CT molecular complexity index is 486. The first-order valence-corrected chi connectivity index (χ1v) is 5.04. The summed E-state index contributed by atoms with van der Waals surface area (Å²) in [6.45, 7) is 3.75. The van der Waals surface area contributed by atoms with Crippen LogP contribution in [0.25, 0.3) is 0 Å². The van der Waals surface area contributed by atoms with Crippen molar-refractivity contribution in [1.29, 1.82) is 0 Å². The molecule has 2 atom stereocenters. The third kappa shape index (κ3) is 1.18. The second kappa shape index (κ2) is 2.79. The molecule has 2 aliphatic heterocycles. The summed E-state index contributed by atoms with van der Waals surface area (Å²) in [7, 11) is 0. The van der Waals surface area contributed by atoms with Crippen LogP contribution in [-0.4, -0.2) is 11.7 Å². The second-order valence-electron chi connectivity index (χ2n) is 4.62. The molecule has 3 rings (SSSR count). The molecule has 84 valence electrons. The van der Waals surface area contributed by atoms with Crippen LogP contribution in [0.2, 0.25) is 0 Å². The lowest BCUT2D eigenvalue weighted by molar-refractivity contribution is 0.0731. The fraction of sp³-hybridized carbons (Fsp3) is 0.455. The molecular weight excluding hydrogens is 213 g/mol. The Morgan fingerprint density at radius 3 is 2.88 bits per heavy atom. The summed E-state index contributed by atoms with van der Waals surface area (Å²) in [4.78, 5) is 10.6. The van der Waals surface area contributed by atoms with E-state index < -0.39 is 11.4 Å². The SMILES string of the molecule is CC1(C)Oc2c(N=O)cc(F)cc2[C@H]2O[C@H]21. The van der Waals surface area contributed by atoms with Crippen LogP contribution in [-0.2, 0) is 4.74 Å². The van der Waals surface area contributed by atoms with Gasteiger partial charge < -0.3 is 9.47 Å². The average molecular weight is 223 g/mol. The predicted octanol–water partition coefficient (Wildman–Crippen LogP) is 2.83. The maximum Gasteiger partial charge on any atom is 0.155 e. The number of hydrogen-bond acceptors (Lipinski definition) is 4. The van der Waals surface area contributed by atoms with Gasteiger partial charge >= 0.3 is 0 Å². The van der Waals surface area contributed by atoms with Crippen LogP contribution in [0.3, 0.4) is 0 Å². The normalized spacial score (nSPS) is 28.7. The zero-order valence-electron chi connectivity index (χ0n) is 8.86. The molecule has 0 spiro atoms. The average Bonchev–Trinajstić information content (AvgIpc) is 2.99. The lowest BCUT2D eigenvalue weighted by atomic mass is 9.94. The Morgan fingerprint density at radius 2 is 2.19 bits per heavy atom. The number of nitrogens with zero attached hydrogens (tertiary/aromatic N) is 1. The van der Waals surface area contributed by atoms with Crippen LogP contribution >= 0.6 is 0 Å². The summed E-state index contributed by atoms with van der Waals surface area (Å²) in [6, 6.07) is 2.41. The van der Waals surface area contributed by atoms with Gasteiger partial charge in [0.1, 0.15) is 23.6 Å². The summed E-state index contributed by atoms with van der Waals surface area (Å²) in [5, 5.41) is 2.79. The zero-order valence-corrected chi connectivity index (χ0v) is 8.86. The molecule has 0 N–H and O–H groups in total. The van der Waals surface area contributed by atoms with Gasteiger partial charge in [0.25, 0.3) is 0 Å². The third-order valence-electron chi connectivity index (χ3n) is 3.01. The molecule has 16 heavy (non-hydrogen) atoms. The zero-order chi connectivity index (χ0) is 11.5. The lowest BCUT2D eigenvalue weighted by Gasteiger charge is -2.29. The van der Waals surface area contributed by atoms with E-state index in [1.54, 1.807) is 0 Å². The van der Waals surface area contributed by atoms with Gasteiger partial charge in [0, 0.05) is 11.6 Å². The van der Waals surface area contributed by atoms with Crippen molar-refractivity contribution < 1.29 is 13.9 Å². The van der Waals surface area contributed by atoms with Crippen molar-refractivity contribution in [2.75, 3.05) is 0 Å². The Balaban J connectivity index is 2.19. The number of rotatable bonds is 1. The Hall–Kier alpha value is -1.49. The van der Waals surface area contributed by atoms with Gasteiger partial charge in [-0.2, -0.15) is 0 Å². The summed E-state index contributed by atoms with van der Waals surface area (Å²) in [6.07, 6.45) is -0.240. The molecule has 0 radical (unpaired) electrons. The second-order valence-corrected chi connectivity index (χ2v) is 4.62. The molecule has 1 fully saturated rings. The quantitative estimate of drug-likeness (QED) is 0.543. The molecule has 4 nitrogen and oxygen atoms in total. The molecule has 0 amide bonds. The number of hydrogen-bond donors (Lipinski definition) is 0. The summed E-state index contributed by atoms with van der Waals surface area (Å²) in [5.41, 5.74) is 0.0746. The first-order valence-electron chi connectivity index (χ1n) is 5.04. The van der Waals surface area contributed by atoms with Gasteiger partial charge in [-0.1, -0.05) is 0 Å². The van der Waals surface area contributed by atoms with E-state index in [-0.39, 0.29) is 17.9 Å². The Morgan fingerprint density at radius 1 is 1.44 bits per heavy atom. The summed E-state index contributed by atoms with van der Waals surface area (Å²) in [5.74, 6) is -0.147. The van der Waals surface area contributed by atoms with E-state index in [2.05, 4.69) is 5.18 Å². The molecule has 2 heterocycles. The number of nitroso groups, excluding NO2 is 1. The van der Waals surface area contributed by atoms with Crippen molar-refractivity contribution in [2.24, 2.45) is 5.18 Å². The van der Waals surface area contributed by atoms with Gasteiger partial charge in [0.15, 0.2) is 11.4 Å². The first kappa shape index (κ1) is 9.72. The molecule has 0 aliphatic carbocycles. The van der Waals surface area contributed by atoms with Crippen LogP contribution < -0.4 is 4.74 Å². The molecule has 1 saturated heterocycles. The minimum Gasteiger partial charge on any atom is -0.482 e. The van der Waals surface area contributed by atoms with Crippen molar-refractivity contribution in [3.05, 3.63) is 28.4 Å². The number of benzene rings is 1. The highest BCUT2D eigenvalue weighted by molar-refractivity contribution is 5.59. The highest BCUT2D eigenvalue weighted by atomic mass is 19.1. The predicted molar refractivity (Wildman–Crippen MR) is 54.2 cm³/mol. The van der Waals surface area contributed by atoms with Crippen molar-refractivity contribution in [3.8, 4) is 5.75 Å². The number of halogens is 1. The number of fused-ring (bicyclic) bond motifs is 3. The van der Waals surface area contributed by atoms with Crippen LogP contribution in [0.1, 0.15) is 25.5 Å². The van der Waals surface area contributed by atoms with E-state index in [4.69, 9.17) is 9.47 Å². The van der Waals surface area contributed by atoms with E-state index in [1.807, 2.05) is 13.8 Å². The van der Waals surface area contributed by atoms with Gasteiger partial charge in [-0.25, -0.2) is 4.39 Å². The van der Waals surface area contributed by atoms with Gasteiger partial charge in [-0.15, -0.1) is 4.91 Å². The van der Waals surface area contributed by atoms with E-state index in [0.29, 0.717) is 11.3 Å². The first-order chi connectivity index (χ1) is 7.53. The monoisotopic (exact) mass is 223 g/mol. The van der Waals surface area contributed by atoms with Crippen LogP contribution in [0.5, 0.6) is 5.75 Å². The lowest BCUT2D eigenvalue weighted by Crippen LogP contribution is -2.37. The topological polar surface area (TPSA) is 51.2 Å². The molecule has 2 aliphatic rings. The van der Waals surface area contributed by atoms with E-state index in [9.17, 15) is 9.30 Å². The van der Waals surface area contributed by atoms with Crippen molar-refractivity contribution in [3.63, 3.8) is 0 Å². The fourth-order valence-electron chi connectivity index (χ4n) is 2.19. The van der Waals surface area contributed by atoms with Crippen molar-refractivity contribution >= 4 is 5.69 Å². The van der Waals surface area contributed by atoms with Crippen molar-refractivity contribution in [2.45, 2.75) is 31.7 Å². The van der Waals surface area contributed by atoms with Gasteiger partial charge in [0.05, 0.1) is 0 Å².